The Balaban J connectivity index is 2.73. The van der Waals surface area contributed by atoms with Crippen molar-refractivity contribution in [3.63, 3.8) is 0 Å². The van der Waals surface area contributed by atoms with E-state index in [1.54, 1.807) is 0 Å². The van der Waals surface area contributed by atoms with Gasteiger partial charge in [-0.1, -0.05) is 30.3 Å². The average molecular weight is 178 g/mol. The summed E-state index contributed by atoms with van der Waals surface area (Å²) in [4.78, 5) is 0. The Bertz CT molecular complexity index is 253. The third-order valence-electron chi connectivity index (χ3n) is 1.68. The zero-order valence-corrected chi connectivity index (χ0v) is 8.23. The molecule has 0 fully saturated rings. The Morgan fingerprint density at radius 2 is 2.17 bits per heavy atom. The van der Waals surface area contributed by atoms with Crippen LogP contribution in [0, 0.1) is 0 Å². The van der Waals surface area contributed by atoms with Crippen LogP contribution in [-0.4, -0.2) is 6.26 Å². The van der Waals surface area contributed by atoms with Crippen LogP contribution in [0.3, 0.4) is 0 Å². The van der Waals surface area contributed by atoms with Crippen LogP contribution in [0.2, 0.25) is 0 Å². The molecule has 0 unspecified atom stereocenters. The molecule has 0 aliphatic rings. The van der Waals surface area contributed by atoms with E-state index in [2.05, 4.69) is 37.1 Å². The van der Waals surface area contributed by atoms with Gasteiger partial charge in [-0.3, -0.25) is 0 Å². The van der Waals surface area contributed by atoms with Gasteiger partial charge in [0, 0.05) is 5.75 Å². The van der Waals surface area contributed by atoms with Crippen LogP contribution >= 0.6 is 11.8 Å². The maximum atomic E-state index is 3.73. The van der Waals surface area contributed by atoms with Gasteiger partial charge >= 0.3 is 0 Å². The number of allylic oxidation sites excluding steroid dienone is 1. The number of benzene rings is 1. The first-order valence-corrected chi connectivity index (χ1v) is 5.44. The second kappa shape index (κ2) is 5.04. The third kappa shape index (κ3) is 2.74. The van der Waals surface area contributed by atoms with Crippen molar-refractivity contribution in [2.45, 2.75) is 12.2 Å². The fourth-order valence-corrected chi connectivity index (χ4v) is 1.69. The van der Waals surface area contributed by atoms with E-state index in [0.717, 1.165) is 12.2 Å². The Kier molecular flexibility index (Phi) is 3.95. The molecule has 0 radical (unpaired) electrons. The topological polar surface area (TPSA) is 0 Å². The van der Waals surface area contributed by atoms with Crippen molar-refractivity contribution >= 4 is 11.8 Å². The van der Waals surface area contributed by atoms with Gasteiger partial charge in [0.1, 0.15) is 0 Å². The van der Waals surface area contributed by atoms with E-state index in [1.165, 1.54) is 11.1 Å². The lowest BCUT2D eigenvalue weighted by Crippen LogP contribution is -1.84. The first kappa shape index (κ1) is 9.40. The summed E-state index contributed by atoms with van der Waals surface area (Å²) < 4.78 is 0. The van der Waals surface area contributed by atoms with E-state index in [0.29, 0.717) is 0 Å². The molecule has 0 atom stereocenters. The van der Waals surface area contributed by atoms with E-state index in [4.69, 9.17) is 0 Å². The fraction of sp³-hybridized carbons (Fsp3) is 0.273. The highest BCUT2D eigenvalue weighted by molar-refractivity contribution is 7.97. The molecule has 0 N–H and O–H groups in total. The summed E-state index contributed by atoms with van der Waals surface area (Å²) in [7, 11) is 0. The molecule has 64 valence electrons. The largest absolute Gasteiger partial charge is 0.161 e. The third-order valence-corrected chi connectivity index (χ3v) is 2.30. The predicted molar refractivity (Wildman–Crippen MR) is 57.6 cm³/mol. The number of thioether (sulfide) groups is 1. The Morgan fingerprint density at radius 1 is 1.42 bits per heavy atom. The highest BCUT2D eigenvalue weighted by Crippen LogP contribution is 2.11. The van der Waals surface area contributed by atoms with Gasteiger partial charge in [-0.15, -0.1) is 6.58 Å². The van der Waals surface area contributed by atoms with Crippen molar-refractivity contribution in [2.24, 2.45) is 0 Å². The molecule has 0 aliphatic heterocycles. The van der Waals surface area contributed by atoms with E-state index >= 15 is 0 Å². The van der Waals surface area contributed by atoms with Crippen LogP contribution in [0.4, 0.5) is 0 Å². The van der Waals surface area contributed by atoms with Crippen LogP contribution in [0.5, 0.6) is 0 Å². The molecule has 0 nitrogen and oxygen atoms in total. The highest BCUT2D eigenvalue weighted by atomic mass is 32.2. The standard InChI is InChI=1S/C11H14S/c1-3-5-10-6-4-7-11(8-10)9-12-2/h3-4,6-8H,1,5,9H2,2H3. The molecule has 0 aliphatic carbocycles. The molecule has 0 saturated heterocycles. The van der Waals surface area contributed by atoms with Crippen LogP contribution < -0.4 is 0 Å². The van der Waals surface area contributed by atoms with Gasteiger partial charge in [-0.2, -0.15) is 11.8 Å². The number of hydrogen-bond acceptors (Lipinski definition) is 1. The summed E-state index contributed by atoms with van der Waals surface area (Å²) in [6, 6.07) is 8.68. The lowest BCUT2D eigenvalue weighted by atomic mass is 10.1. The smallest absolute Gasteiger partial charge is 0.0181 e. The highest BCUT2D eigenvalue weighted by Gasteiger charge is 1.92. The van der Waals surface area contributed by atoms with Gasteiger partial charge in [0.25, 0.3) is 0 Å². The Labute approximate surface area is 78.7 Å². The second-order valence-corrected chi connectivity index (χ2v) is 3.61. The molecule has 0 bridgehead atoms. The Hall–Kier alpha value is -0.690. The minimum atomic E-state index is 0.974. The first-order chi connectivity index (χ1) is 5.86. The van der Waals surface area contributed by atoms with Crippen molar-refractivity contribution in [2.75, 3.05) is 6.26 Å². The maximum absolute atomic E-state index is 3.73. The summed E-state index contributed by atoms with van der Waals surface area (Å²) in [5.74, 6) is 1.10. The van der Waals surface area contributed by atoms with Crippen molar-refractivity contribution in [1.82, 2.24) is 0 Å². The molecule has 1 aromatic rings. The zero-order chi connectivity index (χ0) is 8.81. The SMILES string of the molecule is C=CCc1cccc(CSC)c1. The zero-order valence-electron chi connectivity index (χ0n) is 7.42. The molecule has 0 saturated carbocycles. The van der Waals surface area contributed by atoms with Crippen LogP contribution in [0.25, 0.3) is 0 Å². The van der Waals surface area contributed by atoms with Gasteiger partial charge in [0.2, 0.25) is 0 Å². The summed E-state index contributed by atoms with van der Waals surface area (Å²) in [6.45, 7) is 3.73. The minimum absolute atomic E-state index is 0.974. The van der Waals surface area contributed by atoms with Crippen molar-refractivity contribution < 1.29 is 0 Å². The summed E-state index contributed by atoms with van der Waals surface area (Å²) in [5, 5.41) is 0. The Morgan fingerprint density at radius 3 is 2.83 bits per heavy atom. The molecule has 0 heterocycles. The minimum Gasteiger partial charge on any atom is -0.161 e. The normalized spacial score (nSPS) is 9.75. The van der Waals surface area contributed by atoms with Gasteiger partial charge < -0.3 is 0 Å². The van der Waals surface area contributed by atoms with E-state index < -0.39 is 0 Å². The lowest BCUT2D eigenvalue weighted by molar-refractivity contribution is 1.25. The summed E-state index contributed by atoms with van der Waals surface area (Å²) >= 11 is 1.86. The first-order valence-electron chi connectivity index (χ1n) is 4.04. The quantitative estimate of drug-likeness (QED) is 0.638. The molecule has 1 heteroatoms. The van der Waals surface area contributed by atoms with Gasteiger partial charge in [0.15, 0.2) is 0 Å². The lowest BCUT2D eigenvalue weighted by Gasteiger charge is -2.00. The maximum Gasteiger partial charge on any atom is 0.0181 e. The number of hydrogen-bond donors (Lipinski definition) is 0. The molecule has 0 amide bonds. The number of rotatable bonds is 4. The molecule has 0 spiro atoms. The fourth-order valence-electron chi connectivity index (χ4n) is 1.18. The molecule has 1 rings (SSSR count). The van der Waals surface area contributed by atoms with Gasteiger partial charge in [-0.05, 0) is 23.8 Å². The predicted octanol–water partition coefficient (Wildman–Crippen LogP) is 3.28. The van der Waals surface area contributed by atoms with E-state index in [-0.39, 0.29) is 0 Å². The van der Waals surface area contributed by atoms with Gasteiger partial charge in [0.05, 0.1) is 0 Å². The molecule has 0 aromatic heterocycles. The van der Waals surface area contributed by atoms with E-state index in [1.807, 2.05) is 17.8 Å². The monoisotopic (exact) mass is 178 g/mol. The van der Waals surface area contributed by atoms with Crippen molar-refractivity contribution in [3.8, 4) is 0 Å². The van der Waals surface area contributed by atoms with Crippen molar-refractivity contribution in [3.05, 3.63) is 48.0 Å². The summed E-state index contributed by atoms with van der Waals surface area (Å²) in [5.41, 5.74) is 2.76. The van der Waals surface area contributed by atoms with Crippen LogP contribution in [0.1, 0.15) is 11.1 Å². The van der Waals surface area contributed by atoms with E-state index in [9.17, 15) is 0 Å². The van der Waals surface area contributed by atoms with Crippen LogP contribution in [-0.2, 0) is 12.2 Å². The molecular formula is C11H14S. The summed E-state index contributed by atoms with van der Waals surface area (Å²) in [6.07, 6.45) is 5.04. The van der Waals surface area contributed by atoms with Crippen LogP contribution in [0.15, 0.2) is 36.9 Å². The van der Waals surface area contributed by atoms with Gasteiger partial charge in [-0.25, -0.2) is 0 Å². The average Bonchev–Trinajstić information content (AvgIpc) is 2.06. The molecule has 12 heavy (non-hydrogen) atoms. The molecular weight excluding hydrogens is 164 g/mol. The second-order valence-electron chi connectivity index (χ2n) is 2.75. The molecule has 1 aromatic carbocycles. The van der Waals surface area contributed by atoms with Crippen molar-refractivity contribution in [1.29, 1.82) is 0 Å².